The molecule has 0 saturated heterocycles. The summed E-state index contributed by atoms with van der Waals surface area (Å²) in [5.74, 6) is 0. The van der Waals surface area contributed by atoms with Crippen molar-refractivity contribution in [2.24, 2.45) is 7.05 Å². The third-order valence-electron chi connectivity index (χ3n) is 3.41. The van der Waals surface area contributed by atoms with E-state index in [1.165, 1.54) is 22.2 Å². The lowest BCUT2D eigenvalue weighted by molar-refractivity contribution is 0.603. The summed E-state index contributed by atoms with van der Waals surface area (Å²) in [5.41, 5.74) is 4.32. The molecule has 0 atom stereocenters. The summed E-state index contributed by atoms with van der Waals surface area (Å²) < 4.78 is 2.29. The number of alkyl halides is 1. The highest BCUT2D eigenvalue weighted by Gasteiger charge is 2.26. The van der Waals surface area contributed by atoms with Crippen LogP contribution in [0.1, 0.15) is 25.1 Å². The summed E-state index contributed by atoms with van der Waals surface area (Å²) >= 11 is 3.63. The average molecular weight is 280 g/mol. The molecule has 1 aromatic heterocycles. The number of hydrogen-bond acceptors (Lipinski definition) is 0. The first kappa shape index (κ1) is 11.7. The van der Waals surface area contributed by atoms with Crippen LogP contribution in [0.2, 0.25) is 0 Å². The molecule has 1 aromatic carbocycles. The highest BCUT2D eigenvalue weighted by Crippen LogP contribution is 2.35. The molecule has 0 aliphatic heterocycles. The van der Waals surface area contributed by atoms with Gasteiger partial charge in [-0.2, -0.15) is 0 Å². The molecule has 0 N–H and O–H groups in total. The monoisotopic (exact) mass is 279 g/mol. The van der Waals surface area contributed by atoms with Crippen molar-refractivity contribution in [3.05, 3.63) is 35.5 Å². The van der Waals surface area contributed by atoms with E-state index in [1.807, 2.05) is 0 Å². The summed E-state index contributed by atoms with van der Waals surface area (Å²) in [7, 11) is 2.14. The zero-order valence-corrected chi connectivity index (χ0v) is 11.9. The highest BCUT2D eigenvalue weighted by atomic mass is 79.9. The largest absolute Gasteiger partial charge is 0.348 e. The van der Waals surface area contributed by atoms with E-state index in [0.717, 1.165) is 5.33 Å². The Morgan fingerprint density at radius 2 is 1.88 bits per heavy atom. The van der Waals surface area contributed by atoms with Crippen LogP contribution in [-0.2, 0) is 12.5 Å². The Labute approximate surface area is 106 Å². The second-order valence-corrected chi connectivity index (χ2v) is 5.61. The van der Waals surface area contributed by atoms with Crippen molar-refractivity contribution in [2.45, 2.75) is 26.2 Å². The third-order valence-corrected chi connectivity index (χ3v) is 4.81. The second kappa shape index (κ2) is 3.92. The van der Waals surface area contributed by atoms with Crippen LogP contribution in [0, 0.1) is 6.92 Å². The Hall–Kier alpha value is -0.760. The van der Waals surface area contributed by atoms with Crippen LogP contribution in [0.4, 0.5) is 0 Å². The lowest BCUT2D eigenvalue weighted by Gasteiger charge is -2.23. The molecule has 0 saturated carbocycles. The average Bonchev–Trinajstić information content (AvgIpc) is 2.53. The molecular formula is C14H18BrN. The summed E-state index contributed by atoms with van der Waals surface area (Å²) in [6.45, 7) is 6.78. The van der Waals surface area contributed by atoms with Crippen LogP contribution in [0.3, 0.4) is 0 Å². The van der Waals surface area contributed by atoms with E-state index in [0.29, 0.717) is 0 Å². The molecule has 1 nitrogen and oxygen atoms in total. The van der Waals surface area contributed by atoms with Gasteiger partial charge in [-0.25, -0.2) is 0 Å². The topological polar surface area (TPSA) is 4.93 Å². The molecule has 0 radical (unpaired) electrons. The molecule has 0 aliphatic carbocycles. The van der Waals surface area contributed by atoms with E-state index in [2.05, 4.69) is 72.6 Å². The number of para-hydroxylation sites is 1. The number of aryl methyl sites for hydroxylation is 1. The molecule has 0 amide bonds. The Kier molecular flexibility index (Phi) is 2.87. The van der Waals surface area contributed by atoms with Gasteiger partial charge in [-0.3, -0.25) is 0 Å². The van der Waals surface area contributed by atoms with Gasteiger partial charge in [0.1, 0.15) is 0 Å². The van der Waals surface area contributed by atoms with Gasteiger partial charge in [-0.15, -0.1) is 0 Å². The Morgan fingerprint density at radius 3 is 2.50 bits per heavy atom. The Bertz CT molecular complexity index is 523. The number of nitrogens with zero attached hydrogens (tertiary/aromatic N) is 1. The third kappa shape index (κ3) is 1.60. The molecule has 0 aliphatic rings. The first-order valence-corrected chi connectivity index (χ1v) is 6.71. The maximum Gasteiger partial charge on any atom is 0.0482 e. The van der Waals surface area contributed by atoms with Gasteiger partial charge in [-0.1, -0.05) is 48.0 Å². The molecule has 0 bridgehead atoms. The predicted molar refractivity (Wildman–Crippen MR) is 74.5 cm³/mol. The van der Waals surface area contributed by atoms with Crippen LogP contribution in [0.25, 0.3) is 10.9 Å². The predicted octanol–water partition coefficient (Wildman–Crippen LogP) is 4.16. The standard InChI is InChI=1S/C14H18BrN/c1-10-13(14(2,3)9-15)11-7-5-6-8-12(11)16(10)4/h5-8H,9H2,1-4H3. The van der Waals surface area contributed by atoms with Gasteiger partial charge in [0.15, 0.2) is 0 Å². The van der Waals surface area contributed by atoms with Crippen molar-refractivity contribution < 1.29 is 0 Å². The van der Waals surface area contributed by atoms with E-state index in [-0.39, 0.29) is 5.41 Å². The molecule has 0 spiro atoms. The lowest BCUT2D eigenvalue weighted by atomic mass is 9.85. The summed E-state index contributed by atoms with van der Waals surface area (Å²) in [6.07, 6.45) is 0. The normalized spacial score (nSPS) is 12.3. The lowest BCUT2D eigenvalue weighted by Crippen LogP contribution is -2.20. The number of rotatable bonds is 2. The minimum Gasteiger partial charge on any atom is -0.348 e. The van der Waals surface area contributed by atoms with Crippen molar-refractivity contribution in [1.29, 1.82) is 0 Å². The van der Waals surface area contributed by atoms with Gasteiger partial charge in [0.05, 0.1) is 0 Å². The van der Waals surface area contributed by atoms with Crippen LogP contribution >= 0.6 is 15.9 Å². The maximum atomic E-state index is 3.63. The quantitative estimate of drug-likeness (QED) is 0.728. The first-order valence-electron chi connectivity index (χ1n) is 5.59. The molecule has 2 heteroatoms. The minimum absolute atomic E-state index is 0.172. The zero-order chi connectivity index (χ0) is 11.9. The van der Waals surface area contributed by atoms with E-state index < -0.39 is 0 Å². The van der Waals surface area contributed by atoms with Crippen LogP contribution < -0.4 is 0 Å². The summed E-state index contributed by atoms with van der Waals surface area (Å²) in [4.78, 5) is 0. The fourth-order valence-corrected chi connectivity index (χ4v) is 2.72. The van der Waals surface area contributed by atoms with E-state index in [4.69, 9.17) is 0 Å². The van der Waals surface area contributed by atoms with Crippen molar-refractivity contribution in [3.8, 4) is 0 Å². The van der Waals surface area contributed by atoms with Crippen molar-refractivity contribution in [3.63, 3.8) is 0 Å². The number of fused-ring (bicyclic) bond motifs is 1. The fraction of sp³-hybridized carbons (Fsp3) is 0.429. The molecule has 0 unspecified atom stereocenters. The SMILES string of the molecule is Cc1c(C(C)(C)CBr)c2ccccc2n1C. The fourth-order valence-electron chi connectivity index (χ4n) is 2.44. The maximum absolute atomic E-state index is 3.63. The number of benzene rings is 1. The zero-order valence-electron chi connectivity index (χ0n) is 10.3. The molecule has 2 aromatic rings. The molecule has 16 heavy (non-hydrogen) atoms. The summed E-state index contributed by atoms with van der Waals surface area (Å²) in [5, 5.41) is 2.36. The molecule has 2 rings (SSSR count). The Morgan fingerprint density at radius 1 is 1.25 bits per heavy atom. The van der Waals surface area contributed by atoms with Gasteiger partial charge >= 0.3 is 0 Å². The highest BCUT2D eigenvalue weighted by molar-refractivity contribution is 9.09. The number of aromatic nitrogens is 1. The van der Waals surface area contributed by atoms with Gasteiger partial charge in [0.2, 0.25) is 0 Å². The van der Waals surface area contributed by atoms with Gasteiger partial charge in [0, 0.05) is 34.4 Å². The number of hydrogen-bond donors (Lipinski definition) is 0. The Balaban J connectivity index is 2.84. The van der Waals surface area contributed by atoms with Crippen molar-refractivity contribution in [2.75, 3.05) is 5.33 Å². The first-order chi connectivity index (χ1) is 7.49. The van der Waals surface area contributed by atoms with E-state index >= 15 is 0 Å². The second-order valence-electron chi connectivity index (χ2n) is 5.05. The van der Waals surface area contributed by atoms with Crippen LogP contribution in [-0.4, -0.2) is 9.90 Å². The van der Waals surface area contributed by atoms with E-state index in [9.17, 15) is 0 Å². The van der Waals surface area contributed by atoms with E-state index in [1.54, 1.807) is 0 Å². The molecule has 1 heterocycles. The molecular weight excluding hydrogens is 262 g/mol. The summed E-state index contributed by atoms with van der Waals surface area (Å²) in [6, 6.07) is 8.64. The minimum atomic E-state index is 0.172. The molecule has 0 fully saturated rings. The number of halogens is 1. The van der Waals surface area contributed by atoms with Crippen LogP contribution in [0.15, 0.2) is 24.3 Å². The van der Waals surface area contributed by atoms with Crippen molar-refractivity contribution >= 4 is 26.8 Å². The molecule has 86 valence electrons. The van der Waals surface area contributed by atoms with Gasteiger partial charge < -0.3 is 4.57 Å². The van der Waals surface area contributed by atoms with Crippen molar-refractivity contribution in [1.82, 2.24) is 4.57 Å². The smallest absolute Gasteiger partial charge is 0.0482 e. The van der Waals surface area contributed by atoms with Crippen LogP contribution in [0.5, 0.6) is 0 Å². The van der Waals surface area contributed by atoms with Gasteiger partial charge in [0.25, 0.3) is 0 Å². The van der Waals surface area contributed by atoms with Gasteiger partial charge in [-0.05, 0) is 18.6 Å².